The monoisotopic (exact) mass is 240 g/mol. The van der Waals surface area contributed by atoms with Crippen LogP contribution in [0.25, 0.3) is 10.9 Å². The number of carbonyl (C=O) groups is 1. The molecular formula is C15H16N2O. The second kappa shape index (κ2) is 5.42. The molecule has 1 atom stereocenters. The highest BCUT2D eigenvalue weighted by Crippen LogP contribution is 2.17. The first-order valence-corrected chi connectivity index (χ1v) is 6.09. The van der Waals surface area contributed by atoms with Crippen molar-refractivity contribution in [1.82, 2.24) is 10.3 Å². The Labute approximate surface area is 107 Å². The van der Waals surface area contributed by atoms with Gasteiger partial charge in [0.2, 0.25) is 0 Å². The molecule has 0 spiro atoms. The lowest BCUT2D eigenvalue weighted by molar-refractivity contribution is 0.0946. The molecule has 1 unspecified atom stereocenters. The zero-order valence-corrected chi connectivity index (χ0v) is 10.4. The van der Waals surface area contributed by atoms with Crippen molar-refractivity contribution in [3.63, 3.8) is 0 Å². The van der Waals surface area contributed by atoms with Gasteiger partial charge in [-0.1, -0.05) is 37.5 Å². The zero-order valence-electron chi connectivity index (χ0n) is 10.4. The van der Waals surface area contributed by atoms with Crippen LogP contribution in [0.1, 0.15) is 30.1 Å². The minimum atomic E-state index is -0.198. The number of terminal acetylenes is 1. The van der Waals surface area contributed by atoms with E-state index in [-0.39, 0.29) is 11.9 Å². The summed E-state index contributed by atoms with van der Waals surface area (Å²) in [7, 11) is 0. The molecule has 1 aromatic carbocycles. The SMILES string of the molecule is C#CC(CCC)NC(=O)c1c[nH]c2ccccc12. The van der Waals surface area contributed by atoms with Gasteiger partial charge in [-0.3, -0.25) is 4.79 Å². The number of nitrogens with one attached hydrogen (secondary N) is 2. The largest absolute Gasteiger partial charge is 0.360 e. The Balaban J connectivity index is 2.21. The summed E-state index contributed by atoms with van der Waals surface area (Å²) in [5.41, 5.74) is 1.59. The smallest absolute Gasteiger partial charge is 0.254 e. The van der Waals surface area contributed by atoms with E-state index in [0.29, 0.717) is 5.56 Å². The Morgan fingerprint density at radius 1 is 1.50 bits per heavy atom. The summed E-state index contributed by atoms with van der Waals surface area (Å²) >= 11 is 0. The van der Waals surface area contributed by atoms with Gasteiger partial charge in [-0.15, -0.1) is 6.42 Å². The number of aromatic nitrogens is 1. The number of fused-ring (bicyclic) bond motifs is 1. The Morgan fingerprint density at radius 2 is 2.28 bits per heavy atom. The predicted octanol–water partition coefficient (Wildman–Crippen LogP) is 2.70. The van der Waals surface area contributed by atoms with Crippen molar-refractivity contribution in [3.8, 4) is 12.3 Å². The molecule has 0 aliphatic carbocycles. The van der Waals surface area contributed by atoms with E-state index in [4.69, 9.17) is 6.42 Å². The topological polar surface area (TPSA) is 44.9 Å². The summed E-state index contributed by atoms with van der Waals surface area (Å²) in [6.07, 6.45) is 8.87. The van der Waals surface area contributed by atoms with Crippen LogP contribution in [-0.4, -0.2) is 16.9 Å². The van der Waals surface area contributed by atoms with Crippen molar-refractivity contribution in [2.75, 3.05) is 0 Å². The van der Waals surface area contributed by atoms with Gasteiger partial charge in [0, 0.05) is 17.1 Å². The Kier molecular flexibility index (Phi) is 3.69. The first kappa shape index (κ1) is 12.3. The second-order valence-corrected chi connectivity index (χ2v) is 4.23. The van der Waals surface area contributed by atoms with Crippen molar-refractivity contribution >= 4 is 16.8 Å². The molecule has 18 heavy (non-hydrogen) atoms. The summed E-state index contributed by atoms with van der Waals surface area (Å²) in [6, 6.07) is 7.51. The fraction of sp³-hybridized carbons (Fsp3) is 0.267. The molecule has 2 rings (SSSR count). The average Bonchev–Trinajstić information content (AvgIpc) is 2.82. The number of carbonyl (C=O) groups excluding carboxylic acids is 1. The van der Waals surface area contributed by atoms with Crippen molar-refractivity contribution in [3.05, 3.63) is 36.0 Å². The average molecular weight is 240 g/mol. The number of amides is 1. The number of aromatic amines is 1. The molecule has 3 heteroatoms. The van der Waals surface area contributed by atoms with Gasteiger partial charge >= 0.3 is 0 Å². The molecule has 0 bridgehead atoms. The Bertz CT molecular complexity index is 592. The fourth-order valence-corrected chi connectivity index (χ4v) is 1.98. The highest BCUT2D eigenvalue weighted by Gasteiger charge is 2.14. The number of benzene rings is 1. The van der Waals surface area contributed by atoms with Crippen LogP contribution >= 0.6 is 0 Å². The van der Waals surface area contributed by atoms with Crippen LogP contribution in [0.2, 0.25) is 0 Å². The standard InChI is InChI=1S/C15H16N2O/c1-3-7-11(4-2)17-15(18)13-10-16-14-9-6-5-8-12(13)14/h2,5-6,8-11,16H,3,7H2,1H3,(H,17,18). The minimum Gasteiger partial charge on any atom is -0.360 e. The molecule has 0 aliphatic rings. The van der Waals surface area contributed by atoms with Crippen LogP contribution in [-0.2, 0) is 0 Å². The maximum atomic E-state index is 12.1. The van der Waals surface area contributed by atoms with E-state index in [0.717, 1.165) is 23.7 Å². The van der Waals surface area contributed by atoms with Gasteiger partial charge in [-0.05, 0) is 12.5 Å². The van der Waals surface area contributed by atoms with Gasteiger partial charge in [0.25, 0.3) is 5.91 Å². The molecular weight excluding hydrogens is 224 g/mol. The van der Waals surface area contributed by atoms with Crippen molar-refractivity contribution < 1.29 is 4.79 Å². The molecule has 2 aromatic rings. The first-order chi connectivity index (χ1) is 8.76. The third-order valence-electron chi connectivity index (χ3n) is 2.92. The van der Waals surface area contributed by atoms with E-state index in [1.165, 1.54) is 0 Å². The van der Waals surface area contributed by atoms with Crippen molar-refractivity contribution in [2.24, 2.45) is 0 Å². The molecule has 3 nitrogen and oxygen atoms in total. The molecule has 92 valence electrons. The van der Waals surface area contributed by atoms with Gasteiger partial charge in [0.1, 0.15) is 0 Å². The van der Waals surface area contributed by atoms with Crippen molar-refractivity contribution in [1.29, 1.82) is 0 Å². The Hall–Kier alpha value is -2.21. The lowest BCUT2D eigenvalue weighted by Gasteiger charge is -2.11. The molecule has 1 amide bonds. The summed E-state index contributed by atoms with van der Waals surface area (Å²) in [4.78, 5) is 15.2. The van der Waals surface area contributed by atoms with E-state index < -0.39 is 0 Å². The Morgan fingerprint density at radius 3 is 3.00 bits per heavy atom. The third kappa shape index (κ3) is 2.38. The van der Waals surface area contributed by atoms with Crippen molar-refractivity contribution in [2.45, 2.75) is 25.8 Å². The molecule has 0 fully saturated rings. The highest BCUT2D eigenvalue weighted by atomic mass is 16.1. The van der Waals surface area contributed by atoms with E-state index in [9.17, 15) is 4.79 Å². The molecule has 0 saturated heterocycles. The molecule has 0 saturated carbocycles. The normalized spacial score (nSPS) is 12.0. The van der Waals surface area contributed by atoms with Crippen LogP contribution < -0.4 is 5.32 Å². The highest BCUT2D eigenvalue weighted by molar-refractivity contribution is 6.06. The maximum Gasteiger partial charge on any atom is 0.254 e. The minimum absolute atomic E-state index is 0.121. The van der Waals surface area contributed by atoms with Crippen LogP contribution in [0.15, 0.2) is 30.5 Å². The van der Waals surface area contributed by atoms with Crippen LogP contribution in [0.4, 0.5) is 0 Å². The lowest BCUT2D eigenvalue weighted by Crippen LogP contribution is -2.33. The summed E-state index contributed by atoms with van der Waals surface area (Å²) < 4.78 is 0. The molecule has 0 radical (unpaired) electrons. The summed E-state index contributed by atoms with van der Waals surface area (Å²) in [6.45, 7) is 2.04. The number of hydrogen-bond acceptors (Lipinski definition) is 1. The number of H-pyrrole nitrogens is 1. The van der Waals surface area contributed by atoms with E-state index in [2.05, 4.69) is 16.2 Å². The fourth-order valence-electron chi connectivity index (χ4n) is 1.98. The predicted molar refractivity (Wildman–Crippen MR) is 73.3 cm³/mol. The van der Waals surface area contributed by atoms with Gasteiger partial charge in [-0.25, -0.2) is 0 Å². The van der Waals surface area contributed by atoms with Gasteiger partial charge in [-0.2, -0.15) is 0 Å². The summed E-state index contributed by atoms with van der Waals surface area (Å²) in [5, 5.41) is 3.79. The molecule has 0 aliphatic heterocycles. The third-order valence-corrected chi connectivity index (χ3v) is 2.92. The maximum absolute atomic E-state index is 12.1. The molecule has 2 N–H and O–H groups in total. The quantitative estimate of drug-likeness (QED) is 0.793. The van der Waals surface area contributed by atoms with Crippen LogP contribution in [0.5, 0.6) is 0 Å². The number of hydrogen-bond donors (Lipinski definition) is 2. The zero-order chi connectivity index (χ0) is 13.0. The molecule has 1 heterocycles. The van der Waals surface area contributed by atoms with Gasteiger partial charge in [0.15, 0.2) is 0 Å². The van der Waals surface area contributed by atoms with Crippen LogP contribution in [0, 0.1) is 12.3 Å². The van der Waals surface area contributed by atoms with Gasteiger partial charge in [0.05, 0.1) is 11.6 Å². The molecule has 1 aromatic heterocycles. The first-order valence-electron chi connectivity index (χ1n) is 6.09. The second-order valence-electron chi connectivity index (χ2n) is 4.23. The van der Waals surface area contributed by atoms with Crippen LogP contribution in [0.3, 0.4) is 0 Å². The number of rotatable bonds is 4. The van der Waals surface area contributed by atoms with E-state index >= 15 is 0 Å². The van der Waals surface area contributed by atoms with E-state index in [1.54, 1.807) is 6.20 Å². The van der Waals surface area contributed by atoms with E-state index in [1.807, 2.05) is 31.2 Å². The van der Waals surface area contributed by atoms with Gasteiger partial charge < -0.3 is 10.3 Å². The lowest BCUT2D eigenvalue weighted by atomic mass is 10.1. The summed E-state index contributed by atoms with van der Waals surface area (Å²) in [5.74, 6) is 2.48. The number of para-hydroxylation sites is 1.